The van der Waals surface area contributed by atoms with E-state index in [2.05, 4.69) is 19.2 Å². The Kier molecular flexibility index (Phi) is 5.38. The number of hydrogen-bond acceptors (Lipinski definition) is 3. The molecule has 0 spiro atoms. The van der Waals surface area contributed by atoms with Crippen molar-refractivity contribution >= 4 is 0 Å². The van der Waals surface area contributed by atoms with E-state index in [0.29, 0.717) is 11.7 Å². The van der Waals surface area contributed by atoms with Crippen LogP contribution < -0.4 is 10.1 Å². The molecule has 1 heterocycles. The van der Waals surface area contributed by atoms with Crippen molar-refractivity contribution in [3.05, 3.63) is 29.6 Å². The summed E-state index contributed by atoms with van der Waals surface area (Å²) >= 11 is 0. The van der Waals surface area contributed by atoms with Gasteiger partial charge in [-0.1, -0.05) is 13.0 Å². The first-order valence-corrected chi connectivity index (χ1v) is 7.34. The van der Waals surface area contributed by atoms with Gasteiger partial charge in [0.25, 0.3) is 0 Å². The first kappa shape index (κ1) is 15.3. The summed E-state index contributed by atoms with van der Waals surface area (Å²) in [6, 6.07) is 5.36. The van der Waals surface area contributed by atoms with Crippen LogP contribution in [-0.4, -0.2) is 26.4 Å². The van der Waals surface area contributed by atoms with Gasteiger partial charge in [0.05, 0.1) is 19.8 Å². The van der Waals surface area contributed by atoms with Crippen molar-refractivity contribution in [3.63, 3.8) is 0 Å². The van der Waals surface area contributed by atoms with Crippen LogP contribution in [-0.2, 0) is 4.74 Å². The minimum atomic E-state index is -0.305. The number of methoxy groups -OCH3 is 1. The Hall–Kier alpha value is -1.13. The first-order chi connectivity index (χ1) is 9.65. The molecule has 4 heteroatoms. The van der Waals surface area contributed by atoms with E-state index >= 15 is 0 Å². The van der Waals surface area contributed by atoms with Crippen molar-refractivity contribution in [2.45, 2.75) is 38.8 Å². The molecular weight excluding hydrogens is 257 g/mol. The molecule has 0 aromatic heterocycles. The molecule has 1 fully saturated rings. The van der Waals surface area contributed by atoms with E-state index in [0.717, 1.165) is 31.6 Å². The lowest BCUT2D eigenvalue weighted by atomic mass is 9.90. The van der Waals surface area contributed by atoms with Gasteiger partial charge in [-0.15, -0.1) is 0 Å². The normalized spacial score (nSPS) is 23.8. The number of halogens is 1. The summed E-state index contributed by atoms with van der Waals surface area (Å²) in [5.74, 6) is 0.378. The van der Waals surface area contributed by atoms with Crippen LogP contribution in [0.5, 0.6) is 5.75 Å². The summed E-state index contributed by atoms with van der Waals surface area (Å²) in [7, 11) is 1.48. The summed E-state index contributed by atoms with van der Waals surface area (Å²) in [5, 5.41) is 3.53. The Morgan fingerprint density at radius 3 is 2.85 bits per heavy atom. The maximum Gasteiger partial charge on any atom is 0.165 e. The van der Waals surface area contributed by atoms with E-state index in [1.807, 2.05) is 6.07 Å². The van der Waals surface area contributed by atoms with Crippen LogP contribution in [0.3, 0.4) is 0 Å². The second-order valence-electron chi connectivity index (χ2n) is 5.47. The molecule has 0 bridgehead atoms. The molecule has 2 rings (SSSR count). The van der Waals surface area contributed by atoms with Crippen molar-refractivity contribution in [2.75, 3.05) is 20.3 Å². The lowest BCUT2D eigenvalue weighted by Gasteiger charge is -2.24. The molecule has 3 unspecified atom stereocenters. The fourth-order valence-corrected chi connectivity index (χ4v) is 2.82. The Morgan fingerprint density at radius 2 is 2.30 bits per heavy atom. The predicted molar refractivity (Wildman–Crippen MR) is 77.5 cm³/mol. The van der Waals surface area contributed by atoms with E-state index < -0.39 is 0 Å². The number of rotatable bonds is 6. The third-order valence-electron chi connectivity index (χ3n) is 3.85. The van der Waals surface area contributed by atoms with E-state index in [1.54, 1.807) is 12.1 Å². The molecule has 20 heavy (non-hydrogen) atoms. The molecule has 1 aromatic rings. The Labute approximate surface area is 120 Å². The lowest BCUT2D eigenvalue weighted by Crippen LogP contribution is -2.29. The van der Waals surface area contributed by atoms with Gasteiger partial charge >= 0.3 is 0 Å². The first-order valence-electron chi connectivity index (χ1n) is 7.34. The molecular formula is C16H24FNO2. The van der Waals surface area contributed by atoms with Crippen LogP contribution in [0.1, 0.15) is 38.3 Å². The highest BCUT2D eigenvalue weighted by Crippen LogP contribution is 2.33. The molecule has 0 saturated carbocycles. The largest absolute Gasteiger partial charge is 0.494 e. The molecule has 0 amide bonds. The smallest absolute Gasteiger partial charge is 0.165 e. The third-order valence-corrected chi connectivity index (χ3v) is 3.85. The molecule has 3 nitrogen and oxygen atoms in total. The summed E-state index contributed by atoms with van der Waals surface area (Å²) in [5.41, 5.74) is 0.972. The topological polar surface area (TPSA) is 30.5 Å². The van der Waals surface area contributed by atoms with E-state index in [4.69, 9.17) is 9.47 Å². The average molecular weight is 281 g/mol. The van der Waals surface area contributed by atoms with Crippen molar-refractivity contribution in [2.24, 2.45) is 5.92 Å². The van der Waals surface area contributed by atoms with Crippen LogP contribution >= 0.6 is 0 Å². The van der Waals surface area contributed by atoms with Gasteiger partial charge in [-0.3, -0.25) is 0 Å². The second-order valence-corrected chi connectivity index (χ2v) is 5.47. The Morgan fingerprint density at radius 1 is 1.50 bits per heavy atom. The zero-order valence-corrected chi connectivity index (χ0v) is 12.5. The number of benzene rings is 1. The molecule has 1 saturated heterocycles. The fourth-order valence-electron chi connectivity index (χ4n) is 2.82. The van der Waals surface area contributed by atoms with Crippen LogP contribution in [0.2, 0.25) is 0 Å². The fraction of sp³-hybridized carbons (Fsp3) is 0.625. The summed E-state index contributed by atoms with van der Waals surface area (Å²) in [6.45, 7) is 5.87. The molecule has 1 N–H and O–H groups in total. The van der Waals surface area contributed by atoms with Gasteiger partial charge in [0.15, 0.2) is 11.6 Å². The van der Waals surface area contributed by atoms with Crippen LogP contribution in [0.15, 0.2) is 18.2 Å². The molecule has 0 aliphatic carbocycles. The highest BCUT2D eigenvalue weighted by molar-refractivity contribution is 5.31. The van der Waals surface area contributed by atoms with Gasteiger partial charge in [0.2, 0.25) is 0 Å². The minimum Gasteiger partial charge on any atom is -0.494 e. The predicted octanol–water partition coefficient (Wildman–Crippen LogP) is 3.30. The number of ether oxygens (including phenoxy) is 2. The SMILES string of the molecule is CCCNC(c1ccc(OC)c(F)c1)C1COC(C)C1. The Balaban J connectivity index is 2.19. The molecule has 1 aliphatic rings. The minimum absolute atomic E-state index is 0.139. The van der Waals surface area contributed by atoms with Gasteiger partial charge in [-0.25, -0.2) is 4.39 Å². The van der Waals surface area contributed by atoms with Crippen molar-refractivity contribution in [1.82, 2.24) is 5.32 Å². The zero-order valence-electron chi connectivity index (χ0n) is 12.5. The second kappa shape index (κ2) is 7.04. The van der Waals surface area contributed by atoms with Crippen molar-refractivity contribution < 1.29 is 13.9 Å². The standard InChI is InChI=1S/C16H24FNO2/c1-4-7-18-16(13-8-11(2)20-10-13)12-5-6-15(19-3)14(17)9-12/h5-6,9,11,13,16,18H,4,7-8,10H2,1-3H3. The van der Waals surface area contributed by atoms with Gasteiger partial charge in [0, 0.05) is 12.0 Å². The average Bonchev–Trinajstić information content (AvgIpc) is 2.86. The van der Waals surface area contributed by atoms with Gasteiger partial charge in [-0.2, -0.15) is 0 Å². The summed E-state index contributed by atoms with van der Waals surface area (Å²) < 4.78 is 24.6. The third kappa shape index (κ3) is 3.49. The van der Waals surface area contributed by atoms with E-state index in [9.17, 15) is 4.39 Å². The molecule has 0 radical (unpaired) electrons. The molecule has 3 atom stereocenters. The maximum atomic E-state index is 13.9. The quantitative estimate of drug-likeness (QED) is 0.868. The van der Waals surface area contributed by atoms with E-state index in [-0.39, 0.29) is 18.0 Å². The zero-order chi connectivity index (χ0) is 14.5. The Bertz CT molecular complexity index is 438. The van der Waals surface area contributed by atoms with E-state index in [1.165, 1.54) is 7.11 Å². The number of hydrogen-bond donors (Lipinski definition) is 1. The van der Waals surface area contributed by atoms with Gasteiger partial charge in [-0.05, 0) is 44.0 Å². The van der Waals surface area contributed by atoms with Gasteiger partial charge in [0.1, 0.15) is 0 Å². The lowest BCUT2D eigenvalue weighted by molar-refractivity contribution is 0.117. The molecule has 112 valence electrons. The van der Waals surface area contributed by atoms with Crippen molar-refractivity contribution in [1.29, 1.82) is 0 Å². The maximum absolute atomic E-state index is 13.9. The van der Waals surface area contributed by atoms with Crippen LogP contribution in [0, 0.1) is 11.7 Å². The van der Waals surface area contributed by atoms with Crippen LogP contribution in [0.25, 0.3) is 0 Å². The summed E-state index contributed by atoms with van der Waals surface area (Å²) in [4.78, 5) is 0. The molecule has 1 aromatic carbocycles. The summed E-state index contributed by atoms with van der Waals surface area (Å²) in [6.07, 6.45) is 2.35. The van der Waals surface area contributed by atoms with Crippen LogP contribution in [0.4, 0.5) is 4.39 Å². The molecule has 1 aliphatic heterocycles. The van der Waals surface area contributed by atoms with Gasteiger partial charge < -0.3 is 14.8 Å². The number of nitrogens with one attached hydrogen (secondary N) is 1. The van der Waals surface area contributed by atoms with Crippen molar-refractivity contribution in [3.8, 4) is 5.75 Å². The highest BCUT2D eigenvalue weighted by atomic mass is 19.1. The highest BCUT2D eigenvalue weighted by Gasteiger charge is 2.30. The monoisotopic (exact) mass is 281 g/mol.